The summed E-state index contributed by atoms with van der Waals surface area (Å²) in [6, 6.07) is 15.7. The number of hydrogen-bond acceptors (Lipinski definition) is 7. The Morgan fingerprint density at radius 2 is 1.91 bits per heavy atom. The molecule has 4 aromatic rings. The molecule has 0 radical (unpaired) electrons. The molecule has 0 aliphatic carbocycles. The summed E-state index contributed by atoms with van der Waals surface area (Å²) in [5.41, 5.74) is 4.12. The van der Waals surface area contributed by atoms with E-state index >= 15 is 0 Å². The summed E-state index contributed by atoms with van der Waals surface area (Å²) in [6.07, 6.45) is 3.28. The molecule has 34 heavy (non-hydrogen) atoms. The number of halogens is 1. The molecule has 174 valence electrons. The number of fused-ring (bicyclic) bond motifs is 1. The number of hydrogen-bond donors (Lipinski definition) is 3. The number of anilines is 2. The van der Waals surface area contributed by atoms with Crippen LogP contribution in [0.5, 0.6) is 5.75 Å². The van der Waals surface area contributed by atoms with E-state index in [1.165, 1.54) is 31.5 Å². The normalized spacial score (nSPS) is 11.6. The number of methoxy groups -OCH3 is 1. The van der Waals surface area contributed by atoms with Gasteiger partial charge < -0.3 is 9.72 Å². The first kappa shape index (κ1) is 23.3. The number of ether oxygens (including phenoxy) is 1. The maximum absolute atomic E-state index is 12.8. The number of sulfonamides is 1. The van der Waals surface area contributed by atoms with Crippen molar-refractivity contribution < 1.29 is 18.1 Å². The zero-order valence-corrected chi connectivity index (χ0v) is 20.1. The van der Waals surface area contributed by atoms with Crippen molar-refractivity contribution in [2.45, 2.75) is 4.90 Å². The third kappa shape index (κ3) is 4.87. The molecule has 0 spiro atoms. The van der Waals surface area contributed by atoms with Crippen molar-refractivity contribution in [1.29, 1.82) is 0 Å². The van der Waals surface area contributed by atoms with Crippen LogP contribution in [0.25, 0.3) is 10.9 Å². The van der Waals surface area contributed by atoms with Crippen LogP contribution in [0.2, 0.25) is 0 Å². The molecule has 0 fully saturated rings. The van der Waals surface area contributed by atoms with E-state index in [0.717, 1.165) is 27.0 Å². The fourth-order valence-corrected chi connectivity index (χ4v) is 4.70. The van der Waals surface area contributed by atoms with Gasteiger partial charge in [-0.25, -0.2) is 8.42 Å². The third-order valence-corrected chi connectivity index (χ3v) is 6.75. The molecule has 1 aromatic heterocycles. The number of aromatic amines is 1. The lowest BCUT2D eigenvalue weighted by molar-refractivity contribution is -0.384. The molecule has 10 nitrogen and oxygen atoms in total. The zero-order valence-electron chi connectivity index (χ0n) is 17.7. The van der Waals surface area contributed by atoms with E-state index < -0.39 is 20.6 Å². The minimum absolute atomic E-state index is 0.0403. The topological polar surface area (TPSA) is 139 Å². The van der Waals surface area contributed by atoms with Crippen LogP contribution >= 0.6 is 15.9 Å². The Kier molecular flexibility index (Phi) is 6.52. The van der Waals surface area contributed by atoms with Gasteiger partial charge in [-0.3, -0.25) is 20.3 Å². The summed E-state index contributed by atoms with van der Waals surface area (Å²) in [6.45, 7) is 0. The molecule has 3 N–H and O–H groups in total. The molecule has 0 aliphatic rings. The van der Waals surface area contributed by atoms with Crippen LogP contribution in [-0.2, 0) is 10.0 Å². The highest BCUT2D eigenvalue weighted by Crippen LogP contribution is 2.31. The fourth-order valence-electron chi connectivity index (χ4n) is 3.25. The van der Waals surface area contributed by atoms with E-state index in [4.69, 9.17) is 4.74 Å². The second-order valence-electron chi connectivity index (χ2n) is 7.05. The van der Waals surface area contributed by atoms with Crippen LogP contribution in [0.3, 0.4) is 0 Å². The second-order valence-corrected chi connectivity index (χ2v) is 9.64. The van der Waals surface area contributed by atoms with Crippen molar-refractivity contribution >= 4 is 60.1 Å². The van der Waals surface area contributed by atoms with Crippen LogP contribution in [0.4, 0.5) is 17.1 Å². The first-order valence-corrected chi connectivity index (χ1v) is 12.1. The Hall–Kier alpha value is -3.90. The van der Waals surface area contributed by atoms with Gasteiger partial charge in [-0.05, 0) is 42.5 Å². The highest BCUT2D eigenvalue weighted by atomic mass is 79.9. The van der Waals surface area contributed by atoms with Gasteiger partial charge in [-0.15, -0.1) is 0 Å². The fraction of sp³-hybridized carbons (Fsp3) is 0.0455. The van der Waals surface area contributed by atoms with Crippen LogP contribution in [0, 0.1) is 10.1 Å². The number of nitro benzene ring substituents is 1. The average Bonchev–Trinajstić information content (AvgIpc) is 3.21. The molecule has 0 unspecified atom stereocenters. The smallest absolute Gasteiger partial charge is 0.295 e. The second kappa shape index (κ2) is 9.53. The number of aromatic nitrogens is 1. The molecule has 3 aromatic carbocycles. The molecule has 4 rings (SSSR count). The first-order valence-electron chi connectivity index (χ1n) is 9.78. The number of para-hydroxylation sites is 2. The number of nitrogens with one attached hydrogen (secondary N) is 3. The highest BCUT2D eigenvalue weighted by Gasteiger charge is 2.22. The van der Waals surface area contributed by atoms with Crippen LogP contribution < -0.4 is 14.9 Å². The van der Waals surface area contributed by atoms with Crippen molar-refractivity contribution in [2.75, 3.05) is 17.3 Å². The van der Waals surface area contributed by atoms with Gasteiger partial charge in [0.2, 0.25) is 0 Å². The van der Waals surface area contributed by atoms with E-state index in [2.05, 4.69) is 36.2 Å². The standard InChI is InChI=1S/C22H18BrN5O5S/c1-33-22-5-3-2-4-20(22)27-34(31,32)16-7-9-19(21(11-16)28(29)30)26-25-13-14-12-24-18-8-6-15(23)10-17(14)18/h2-13,24,26-27H,1H3/b25-13+. The Bertz CT molecular complexity index is 1520. The summed E-state index contributed by atoms with van der Waals surface area (Å²) < 4.78 is 34.1. The Morgan fingerprint density at radius 3 is 2.68 bits per heavy atom. The van der Waals surface area contributed by atoms with E-state index in [0.29, 0.717) is 5.75 Å². The number of H-pyrrole nitrogens is 1. The molecule has 0 bridgehead atoms. The molecule has 0 amide bonds. The van der Waals surface area contributed by atoms with E-state index in [9.17, 15) is 18.5 Å². The number of rotatable bonds is 8. The van der Waals surface area contributed by atoms with Crippen LogP contribution in [0.15, 0.2) is 81.3 Å². The molecular weight excluding hydrogens is 526 g/mol. The number of benzene rings is 3. The molecule has 0 aliphatic heterocycles. The Labute approximate surface area is 203 Å². The number of nitro groups is 1. The van der Waals surface area contributed by atoms with Gasteiger partial charge in [0.05, 0.1) is 28.8 Å². The van der Waals surface area contributed by atoms with Crippen molar-refractivity contribution in [2.24, 2.45) is 5.10 Å². The van der Waals surface area contributed by atoms with Crippen molar-refractivity contribution in [3.8, 4) is 5.75 Å². The summed E-state index contributed by atoms with van der Waals surface area (Å²) >= 11 is 3.42. The lowest BCUT2D eigenvalue weighted by Gasteiger charge is -2.12. The average molecular weight is 544 g/mol. The first-order chi connectivity index (χ1) is 16.3. The SMILES string of the molecule is COc1ccccc1NS(=O)(=O)c1ccc(N/N=C/c2c[nH]c3ccc(Br)cc23)c([N+](=O)[O-])c1. The quantitative estimate of drug-likeness (QED) is 0.160. The molecule has 0 saturated heterocycles. The monoisotopic (exact) mass is 543 g/mol. The number of hydrazone groups is 1. The summed E-state index contributed by atoms with van der Waals surface area (Å²) in [5.74, 6) is 0.317. The van der Waals surface area contributed by atoms with Gasteiger partial charge >= 0.3 is 0 Å². The third-order valence-electron chi connectivity index (χ3n) is 4.89. The Balaban J connectivity index is 1.59. The van der Waals surface area contributed by atoms with Gasteiger partial charge in [0, 0.05) is 33.2 Å². The van der Waals surface area contributed by atoms with E-state index in [1.807, 2.05) is 18.2 Å². The summed E-state index contributed by atoms with van der Waals surface area (Å²) in [4.78, 5) is 13.8. The predicted octanol–water partition coefficient (Wildman–Crippen LogP) is 5.09. The Morgan fingerprint density at radius 1 is 1.12 bits per heavy atom. The lowest BCUT2D eigenvalue weighted by Crippen LogP contribution is -2.14. The summed E-state index contributed by atoms with van der Waals surface area (Å²) in [5, 5.41) is 16.6. The van der Waals surface area contributed by atoms with Gasteiger partial charge in [-0.2, -0.15) is 5.10 Å². The largest absolute Gasteiger partial charge is 0.495 e. The zero-order chi connectivity index (χ0) is 24.3. The van der Waals surface area contributed by atoms with E-state index in [1.54, 1.807) is 24.4 Å². The highest BCUT2D eigenvalue weighted by molar-refractivity contribution is 9.10. The van der Waals surface area contributed by atoms with Crippen LogP contribution in [-0.4, -0.2) is 31.6 Å². The minimum atomic E-state index is -4.11. The molecule has 0 atom stereocenters. The lowest BCUT2D eigenvalue weighted by atomic mass is 10.2. The van der Waals surface area contributed by atoms with E-state index in [-0.39, 0.29) is 16.3 Å². The minimum Gasteiger partial charge on any atom is -0.495 e. The molecular formula is C22H18BrN5O5S. The van der Waals surface area contributed by atoms with Gasteiger partial charge in [0.25, 0.3) is 15.7 Å². The van der Waals surface area contributed by atoms with Gasteiger partial charge in [-0.1, -0.05) is 28.1 Å². The van der Waals surface area contributed by atoms with Gasteiger partial charge in [0.1, 0.15) is 11.4 Å². The van der Waals surface area contributed by atoms with Crippen LogP contribution in [0.1, 0.15) is 5.56 Å². The summed E-state index contributed by atoms with van der Waals surface area (Å²) in [7, 11) is -2.70. The van der Waals surface area contributed by atoms with Crippen molar-refractivity contribution in [3.05, 3.63) is 87.0 Å². The predicted molar refractivity (Wildman–Crippen MR) is 134 cm³/mol. The van der Waals surface area contributed by atoms with Crippen molar-refractivity contribution in [3.63, 3.8) is 0 Å². The number of nitrogens with zero attached hydrogens (tertiary/aromatic N) is 2. The van der Waals surface area contributed by atoms with Gasteiger partial charge in [0.15, 0.2) is 0 Å². The molecule has 1 heterocycles. The molecule has 12 heteroatoms. The maximum atomic E-state index is 12.8. The molecule has 0 saturated carbocycles. The maximum Gasteiger partial charge on any atom is 0.295 e. The van der Waals surface area contributed by atoms with Crippen molar-refractivity contribution in [1.82, 2.24) is 4.98 Å².